The predicted molar refractivity (Wildman–Crippen MR) is 65.0 cm³/mol. The molecule has 0 aromatic heterocycles. The molecule has 0 amide bonds. The highest BCUT2D eigenvalue weighted by molar-refractivity contribution is 5.70. The van der Waals surface area contributed by atoms with Crippen molar-refractivity contribution < 1.29 is 18.7 Å². The van der Waals surface area contributed by atoms with Gasteiger partial charge in [0, 0.05) is 6.07 Å². The van der Waals surface area contributed by atoms with Gasteiger partial charge in [0.05, 0.1) is 13.5 Å². The summed E-state index contributed by atoms with van der Waals surface area (Å²) in [6.07, 6.45) is 2.85. The van der Waals surface area contributed by atoms with Gasteiger partial charge in [0.1, 0.15) is 17.2 Å². The minimum Gasteiger partial charge on any atom is -0.487 e. The van der Waals surface area contributed by atoms with Crippen molar-refractivity contribution in [3.63, 3.8) is 0 Å². The van der Waals surface area contributed by atoms with Gasteiger partial charge in [0.15, 0.2) is 0 Å². The van der Waals surface area contributed by atoms with Crippen molar-refractivity contribution in [2.75, 3.05) is 7.11 Å². The lowest BCUT2D eigenvalue weighted by atomic mass is 9.77. The molecule has 1 aromatic rings. The minimum absolute atomic E-state index is 0.221. The van der Waals surface area contributed by atoms with E-state index in [9.17, 15) is 9.18 Å². The first-order valence-electron chi connectivity index (χ1n) is 6.07. The topological polar surface area (TPSA) is 35.5 Å². The normalized spacial score (nSPS) is 16.8. The van der Waals surface area contributed by atoms with Crippen LogP contribution >= 0.6 is 0 Å². The smallest absolute Gasteiger partial charge is 0.309 e. The van der Waals surface area contributed by atoms with Crippen molar-refractivity contribution in [1.82, 2.24) is 0 Å². The molecule has 0 aliphatic heterocycles. The second-order valence-corrected chi connectivity index (χ2v) is 4.80. The lowest BCUT2D eigenvalue weighted by Gasteiger charge is -2.41. The molecule has 0 heterocycles. The lowest BCUT2D eigenvalue weighted by molar-refractivity contribution is -0.148. The molecule has 0 unspecified atom stereocenters. The van der Waals surface area contributed by atoms with E-state index in [0.717, 1.165) is 19.3 Å². The molecular formula is C14H17FO3. The van der Waals surface area contributed by atoms with Gasteiger partial charge in [0.2, 0.25) is 0 Å². The Morgan fingerprint density at radius 2 is 2.17 bits per heavy atom. The summed E-state index contributed by atoms with van der Waals surface area (Å²) in [5.74, 6) is -0.107. The highest BCUT2D eigenvalue weighted by atomic mass is 19.1. The zero-order valence-corrected chi connectivity index (χ0v) is 10.7. The number of carbonyl (C=O) groups excluding carboxylic acids is 1. The van der Waals surface area contributed by atoms with Crippen LogP contribution in [0.3, 0.4) is 0 Å². The fourth-order valence-corrected chi connectivity index (χ4v) is 2.11. The van der Waals surface area contributed by atoms with Crippen LogP contribution in [0.4, 0.5) is 4.39 Å². The number of halogens is 1. The van der Waals surface area contributed by atoms with Crippen molar-refractivity contribution in [2.24, 2.45) is 0 Å². The molecule has 0 radical (unpaired) electrons. The van der Waals surface area contributed by atoms with Crippen LogP contribution in [-0.4, -0.2) is 18.7 Å². The van der Waals surface area contributed by atoms with E-state index >= 15 is 0 Å². The van der Waals surface area contributed by atoms with Crippen molar-refractivity contribution in [3.05, 3.63) is 29.6 Å². The van der Waals surface area contributed by atoms with E-state index in [0.29, 0.717) is 11.3 Å². The first kappa shape index (κ1) is 12.9. The predicted octanol–water partition coefficient (Wildman–Crippen LogP) is 3.00. The summed E-state index contributed by atoms with van der Waals surface area (Å²) >= 11 is 0. The summed E-state index contributed by atoms with van der Waals surface area (Å²) in [6.45, 7) is 1.70. The Morgan fingerprint density at radius 1 is 1.44 bits per heavy atom. The molecule has 1 fully saturated rings. The molecule has 0 saturated heterocycles. The van der Waals surface area contributed by atoms with E-state index in [4.69, 9.17) is 4.74 Å². The molecule has 3 nitrogen and oxygen atoms in total. The lowest BCUT2D eigenvalue weighted by Crippen LogP contribution is -2.45. The van der Waals surface area contributed by atoms with Gasteiger partial charge in [-0.05, 0) is 37.8 Å². The Kier molecular flexibility index (Phi) is 3.55. The average molecular weight is 252 g/mol. The second kappa shape index (κ2) is 4.96. The van der Waals surface area contributed by atoms with Gasteiger partial charge in [-0.15, -0.1) is 0 Å². The van der Waals surface area contributed by atoms with Gasteiger partial charge < -0.3 is 9.47 Å². The van der Waals surface area contributed by atoms with Crippen molar-refractivity contribution in [3.8, 4) is 5.75 Å². The first-order chi connectivity index (χ1) is 8.54. The quantitative estimate of drug-likeness (QED) is 0.773. The van der Waals surface area contributed by atoms with E-state index < -0.39 is 5.60 Å². The van der Waals surface area contributed by atoms with Gasteiger partial charge in [-0.1, -0.05) is 6.07 Å². The van der Waals surface area contributed by atoms with Crippen LogP contribution in [0.1, 0.15) is 31.2 Å². The Labute approximate surface area is 106 Å². The largest absolute Gasteiger partial charge is 0.487 e. The molecular weight excluding hydrogens is 235 g/mol. The molecule has 1 aliphatic rings. The van der Waals surface area contributed by atoms with Crippen molar-refractivity contribution in [2.45, 2.75) is 38.2 Å². The molecule has 0 N–H and O–H groups in total. The SMILES string of the molecule is COC(=O)CC1(Oc2ccc(C)c(F)c2)CCC1. The van der Waals surface area contributed by atoms with Crippen LogP contribution in [0, 0.1) is 12.7 Å². The van der Waals surface area contributed by atoms with Gasteiger partial charge >= 0.3 is 5.97 Å². The zero-order valence-electron chi connectivity index (χ0n) is 10.7. The third kappa shape index (κ3) is 2.63. The van der Waals surface area contributed by atoms with Crippen LogP contribution in [0.15, 0.2) is 18.2 Å². The molecule has 2 rings (SSSR count). The number of hydrogen-bond donors (Lipinski definition) is 0. The van der Waals surface area contributed by atoms with E-state index in [1.807, 2.05) is 0 Å². The molecule has 1 saturated carbocycles. The highest BCUT2D eigenvalue weighted by Gasteiger charge is 2.41. The maximum Gasteiger partial charge on any atom is 0.309 e. The maximum absolute atomic E-state index is 13.4. The molecule has 0 atom stereocenters. The fourth-order valence-electron chi connectivity index (χ4n) is 2.11. The Balaban J connectivity index is 2.10. The van der Waals surface area contributed by atoms with Gasteiger partial charge in [-0.2, -0.15) is 0 Å². The zero-order chi connectivity index (χ0) is 13.2. The van der Waals surface area contributed by atoms with Crippen LogP contribution in [-0.2, 0) is 9.53 Å². The molecule has 98 valence electrons. The highest BCUT2D eigenvalue weighted by Crippen LogP contribution is 2.39. The van der Waals surface area contributed by atoms with E-state index in [2.05, 4.69) is 4.74 Å². The van der Waals surface area contributed by atoms with Crippen LogP contribution in [0.2, 0.25) is 0 Å². The van der Waals surface area contributed by atoms with Crippen LogP contribution < -0.4 is 4.74 Å². The van der Waals surface area contributed by atoms with Crippen molar-refractivity contribution in [1.29, 1.82) is 0 Å². The molecule has 4 heteroatoms. The minimum atomic E-state index is -0.505. The standard InChI is InChI=1S/C14H17FO3/c1-10-4-5-11(8-12(10)15)18-14(6-3-7-14)9-13(16)17-2/h4-5,8H,3,6-7,9H2,1-2H3. The van der Waals surface area contributed by atoms with Gasteiger partial charge in [-0.25, -0.2) is 4.39 Å². The second-order valence-electron chi connectivity index (χ2n) is 4.80. The van der Waals surface area contributed by atoms with E-state index in [1.54, 1.807) is 19.1 Å². The number of benzene rings is 1. The number of methoxy groups -OCH3 is 1. The molecule has 0 spiro atoms. The van der Waals surface area contributed by atoms with E-state index in [1.165, 1.54) is 13.2 Å². The average Bonchev–Trinajstić information content (AvgIpc) is 2.30. The Bertz CT molecular complexity index is 452. The molecule has 18 heavy (non-hydrogen) atoms. The van der Waals surface area contributed by atoms with Crippen LogP contribution in [0.25, 0.3) is 0 Å². The van der Waals surface area contributed by atoms with Gasteiger partial charge in [0.25, 0.3) is 0 Å². The number of aryl methyl sites for hydroxylation is 1. The Morgan fingerprint density at radius 3 is 2.67 bits per heavy atom. The third-order valence-corrected chi connectivity index (χ3v) is 3.44. The fraction of sp³-hybridized carbons (Fsp3) is 0.500. The summed E-state index contributed by atoms with van der Waals surface area (Å²) in [5, 5.41) is 0. The summed E-state index contributed by atoms with van der Waals surface area (Å²) in [4.78, 5) is 11.4. The number of ether oxygens (including phenoxy) is 2. The third-order valence-electron chi connectivity index (χ3n) is 3.44. The monoisotopic (exact) mass is 252 g/mol. The van der Waals surface area contributed by atoms with Crippen molar-refractivity contribution >= 4 is 5.97 Å². The summed E-state index contributed by atoms with van der Waals surface area (Å²) < 4.78 is 23.9. The summed E-state index contributed by atoms with van der Waals surface area (Å²) in [6, 6.07) is 4.78. The Hall–Kier alpha value is -1.58. The first-order valence-corrected chi connectivity index (χ1v) is 6.07. The van der Waals surface area contributed by atoms with Crippen LogP contribution in [0.5, 0.6) is 5.75 Å². The number of rotatable bonds is 4. The number of hydrogen-bond acceptors (Lipinski definition) is 3. The maximum atomic E-state index is 13.4. The molecule has 1 aliphatic carbocycles. The summed E-state index contributed by atoms with van der Waals surface area (Å²) in [5.41, 5.74) is 0.0763. The number of carbonyl (C=O) groups is 1. The summed E-state index contributed by atoms with van der Waals surface area (Å²) in [7, 11) is 1.36. The number of esters is 1. The van der Waals surface area contributed by atoms with E-state index in [-0.39, 0.29) is 18.2 Å². The van der Waals surface area contributed by atoms with Gasteiger partial charge in [-0.3, -0.25) is 4.79 Å². The molecule has 1 aromatic carbocycles. The molecule has 0 bridgehead atoms.